The molecule has 31 heavy (non-hydrogen) atoms. The van der Waals surface area contributed by atoms with E-state index in [0.29, 0.717) is 6.07 Å². The topological polar surface area (TPSA) is 99.0 Å². The Morgan fingerprint density at radius 1 is 1.19 bits per heavy atom. The van der Waals surface area contributed by atoms with Crippen LogP contribution in [0.5, 0.6) is 11.5 Å². The summed E-state index contributed by atoms with van der Waals surface area (Å²) >= 11 is 5.87. The molecule has 0 radical (unpaired) electrons. The number of alkyl halides is 3. The number of hydrogen-bond donors (Lipinski definition) is 0. The van der Waals surface area contributed by atoms with Gasteiger partial charge in [0.15, 0.2) is 0 Å². The molecule has 0 heterocycles. The lowest BCUT2D eigenvalue weighted by Gasteiger charge is -2.21. The number of ether oxygens (including phenoxy) is 2. The van der Waals surface area contributed by atoms with E-state index >= 15 is 0 Å². The monoisotopic (exact) mass is 460 g/mol. The molecule has 0 aliphatic heterocycles. The van der Waals surface area contributed by atoms with E-state index in [9.17, 15) is 32.9 Å². The lowest BCUT2D eigenvalue weighted by Crippen LogP contribution is -2.31. The Morgan fingerprint density at radius 3 is 2.39 bits per heavy atom. The first-order valence-electron chi connectivity index (χ1n) is 8.62. The van der Waals surface area contributed by atoms with Gasteiger partial charge in [0.1, 0.15) is 17.2 Å². The predicted molar refractivity (Wildman–Crippen MR) is 104 cm³/mol. The number of methoxy groups -OCH3 is 1. The van der Waals surface area contributed by atoms with Crippen molar-refractivity contribution in [2.24, 2.45) is 0 Å². The molecular formula is C19H16ClF3N2O6. The Balaban J connectivity index is 2.42. The second-order valence-electron chi connectivity index (χ2n) is 6.15. The zero-order valence-electron chi connectivity index (χ0n) is 16.2. The van der Waals surface area contributed by atoms with Crippen LogP contribution in [0.1, 0.15) is 18.9 Å². The van der Waals surface area contributed by atoms with Crippen LogP contribution in [-0.2, 0) is 20.5 Å². The van der Waals surface area contributed by atoms with Crippen molar-refractivity contribution >= 4 is 34.9 Å². The Morgan fingerprint density at radius 2 is 1.87 bits per heavy atom. The zero-order valence-corrected chi connectivity index (χ0v) is 17.0. The van der Waals surface area contributed by atoms with E-state index in [2.05, 4.69) is 4.74 Å². The molecule has 0 fully saturated rings. The van der Waals surface area contributed by atoms with Crippen LogP contribution in [0.15, 0.2) is 36.4 Å². The summed E-state index contributed by atoms with van der Waals surface area (Å²) in [7, 11) is 1.16. The number of hydrogen-bond acceptors (Lipinski definition) is 6. The van der Waals surface area contributed by atoms with E-state index in [1.54, 1.807) is 0 Å². The molecule has 0 N–H and O–H groups in total. The van der Waals surface area contributed by atoms with Gasteiger partial charge >= 0.3 is 12.1 Å². The van der Waals surface area contributed by atoms with Crippen LogP contribution in [0, 0.1) is 10.1 Å². The third-order valence-corrected chi connectivity index (χ3v) is 4.36. The van der Waals surface area contributed by atoms with Crippen molar-refractivity contribution in [3.8, 4) is 11.5 Å². The summed E-state index contributed by atoms with van der Waals surface area (Å²) in [6, 6.07) is 5.88. The molecule has 166 valence electrons. The van der Waals surface area contributed by atoms with Gasteiger partial charge in [0.2, 0.25) is 5.91 Å². The molecule has 2 aromatic carbocycles. The van der Waals surface area contributed by atoms with Gasteiger partial charge in [0.05, 0.1) is 29.0 Å². The minimum absolute atomic E-state index is 0.0217. The van der Waals surface area contributed by atoms with Gasteiger partial charge in [-0.1, -0.05) is 11.6 Å². The molecule has 0 spiro atoms. The second-order valence-corrected chi connectivity index (χ2v) is 6.56. The maximum atomic E-state index is 12.8. The summed E-state index contributed by atoms with van der Waals surface area (Å²) in [6.07, 6.45) is -4.81. The van der Waals surface area contributed by atoms with E-state index in [0.717, 1.165) is 43.2 Å². The summed E-state index contributed by atoms with van der Waals surface area (Å²) < 4.78 is 48.3. The molecule has 0 aliphatic carbocycles. The molecule has 12 heteroatoms. The fraction of sp³-hybridized carbons (Fsp3) is 0.263. The molecule has 0 saturated heterocycles. The highest BCUT2D eigenvalue weighted by Gasteiger charge is 2.31. The number of rotatable bonds is 7. The van der Waals surface area contributed by atoms with Gasteiger partial charge in [0, 0.05) is 25.6 Å². The van der Waals surface area contributed by atoms with Gasteiger partial charge in [-0.05, 0) is 24.3 Å². The van der Waals surface area contributed by atoms with E-state index < -0.39 is 34.2 Å². The van der Waals surface area contributed by atoms with Crippen LogP contribution in [0.3, 0.4) is 0 Å². The van der Waals surface area contributed by atoms with Crippen molar-refractivity contribution < 1.29 is 37.2 Å². The summed E-state index contributed by atoms with van der Waals surface area (Å²) in [4.78, 5) is 35.2. The van der Waals surface area contributed by atoms with Crippen molar-refractivity contribution in [2.45, 2.75) is 19.5 Å². The summed E-state index contributed by atoms with van der Waals surface area (Å²) in [5.74, 6) is -1.36. The summed E-state index contributed by atoms with van der Waals surface area (Å²) in [5.41, 5.74) is -1.58. The molecule has 0 atom stereocenters. The first-order chi connectivity index (χ1) is 14.4. The average Bonchev–Trinajstić information content (AvgIpc) is 2.68. The molecule has 1 amide bonds. The van der Waals surface area contributed by atoms with Gasteiger partial charge in [0.25, 0.3) is 5.69 Å². The normalized spacial score (nSPS) is 11.0. The number of carbonyl (C=O) groups is 2. The lowest BCUT2D eigenvalue weighted by molar-refractivity contribution is -0.384. The summed E-state index contributed by atoms with van der Waals surface area (Å²) in [5, 5.41) is 11.1. The van der Waals surface area contributed by atoms with Crippen LogP contribution < -0.4 is 9.64 Å². The highest BCUT2D eigenvalue weighted by molar-refractivity contribution is 6.32. The Hall–Kier alpha value is -3.34. The SMILES string of the molecule is COC(=O)CCN(C(C)=O)c1cc(Oc2ccc(C(F)(F)F)cc2Cl)ccc1[N+](=O)[O-]. The first-order valence-corrected chi connectivity index (χ1v) is 8.99. The van der Waals surface area contributed by atoms with Crippen molar-refractivity contribution in [2.75, 3.05) is 18.6 Å². The number of nitrogens with zero attached hydrogens (tertiary/aromatic N) is 2. The van der Waals surface area contributed by atoms with Crippen LogP contribution in [0.2, 0.25) is 5.02 Å². The minimum atomic E-state index is -4.59. The molecule has 0 unspecified atom stereocenters. The van der Waals surface area contributed by atoms with E-state index in [-0.39, 0.29) is 35.2 Å². The smallest absolute Gasteiger partial charge is 0.416 e. The summed E-state index contributed by atoms with van der Waals surface area (Å²) in [6.45, 7) is 0.953. The third-order valence-electron chi connectivity index (χ3n) is 4.07. The van der Waals surface area contributed by atoms with E-state index in [1.807, 2.05) is 0 Å². The Labute approximate surface area is 179 Å². The fourth-order valence-corrected chi connectivity index (χ4v) is 2.80. The van der Waals surface area contributed by atoms with Crippen LogP contribution in [-0.4, -0.2) is 30.5 Å². The average molecular weight is 461 g/mol. The van der Waals surface area contributed by atoms with Crippen molar-refractivity contribution in [3.63, 3.8) is 0 Å². The molecule has 2 rings (SSSR count). The molecule has 2 aromatic rings. The molecule has 0 aromatic heterocycles. The lowest BCUT2D eigenvalue weighted by atomic mass is 10.2. The molecular weight excluding hydrogens is 445 g/mol. The Bertz CT molecular complexity index is 1010. The number of amides is 1. The first kappa shape index (κ1) is 23.9. The molecule has 0 aliphatic rings. The number of halogens is 4. The van der Waals surface area contributed by atoms with Gasteiger partial charge in [-0.15, -0.1) is 0 Å². The van der Waals surface area contributed by atoms with Crippen molar-refractivity contribution in [1.29, 1.82) is 0 Å². The number of esters is 1. The number of carbonyl (C=O) groups excluding carboxylic acids is 2. The minimum Gasteiger partial charge on any atom is -0.469 e. The van der Waals surface area contributed by atoms with E-state index in [4.69, 9.17) is 16.3 Å². The molecule has 8 nitrogen and oxygen atoms in total. The maximum absolute atomic E-state index is 12.8. The third kappa shape index (κ3) is 6.07. The van der Waals surface area contributed by atoms with Crippen molar-refractivity contribution in [3.05, 3.63) is 57.1 Å². The molecule has 0 saturated carbocycles. The standard InChI is InChI=1S/C19H16ClF3N2O6/c1-11(26)24(8-7-18(27)30-2)16-10-13(4-5-15(16)25(28)29)31-17-6-3-12(9-14(17)20)19(21,22)23/h3-6,9-10H,7-8H2,1-2H3. The Kier molecular flexibility index (Phi) is 7.45. The van der Waals surface area contributed by atoms with Crippen LogP contribution in [0.25, 0.3) is 0 Å². The molecule has 0 bridgehead atoms. The van der Waals surface area contributed by atoms with Crippen molar-refractivity contribution in [1.82, 2.24) is 0 Å². The fourth-order valence-electron chi connectivity index (χ4n) is 2.58. The predicted octanol–water partition coefficient (Wildman–Crippen LogP) is 4.98. The highest BCUT2D eigenvalue weighted by atomic mass is 35.5. The highest BCUT2D eigenvalue weighted by Crippen LogP contribution is 2.38. The number of nitro benzene ring substituents is 1. The van der Waals surface area contributed by atoms with Gasteiger partial charge in [-0.25, -0.2) is 0 Å². The quantitative estimate of drug-likeness (QED) is 0.328. The number of nitro groups is 1. The number of benzene rings is 2. The van der Waals surface area contributed by atoms with Gasteiger partial charge in [-0.2, -0.15) is 13.2 Å². The zero-order chi connectivity index (χ0) is 23.3. The van der Waals surface area contributed by atoms with Gasteiger partial charge in [-0.3, -0.25) is 19.7 Å². The number of anilines is 1. The van der Waals surface area contributed by atoms with Crippen LogP contribution in [0.4, 0.5) is 24.5 Å². The van der Waals surface area contributed by atoms with E-state index in [1.165, 1.54) is 6.07 Å². The largest absolute Gasteiger partial charge is 0.469 e. The van der Waals surface area contributed by atoms with Gasteiger partial charge < -0.3 is 14.4 Å². The maximum Gasteiger partial charge on any atom is 0.416 e. The van der Waals surface area contributed by atoms with Crippen LogP contribution >= 0.6 is 11.6 Å². The second kappa shape index (κ2) is 9.65.